The number of aromatic nitrogens is 2. The molecule has 0 bridgehead atoms. The highest BCUT2D eigenvalue weighted by Gasteiger charge is 2.08. The van der Waals surface area contributed by atoms with Crippen molar-refractivity contribution in [3.63, 3.8) is 0 Å². The molecule has 0 spiro atoms. The Morgan fingerprint density at radius 1 is 1.15 bits per heavy atom. The zero-order chi connectivity index (χ0) is 14.7. The summed E-state index contributed by atoms with van der Waals surface area (Å²) in [7, 11) is 0. The van der Waals surface area contributed by atoms with Gasteiger partial charge in [-0.3, -0.25) is 0 Å². The Labute approximate surface area is 115 Å². The van der Waals surface area contributed by atoms with Crippen LogP contribution in [0.3, 0.4) is 0 Å². The van der Waals surface area contributed by atoms with Gasteiger partial charge in [0.2, 0.25) is 17.7 Å². The van der Waals surface area contributed by atoms with E-state index in [1.807, 2.05) is 19.1 Å². The lowest BCUT2D eigenvalue weighted by molar-refractivity contribution is 0.533. The zero-order valence-corrected chi connectivity index (χ0v) is 11.2. The molecule has 0 saturated heterocycles. The van der Waals surface area contributed by atoms with Gasteiger partial charge in [-0.15, -0.1) is 10.2 Å². The predicted molar refractivity (Wildman–Crippen MR) is 76.3 cm³/mol. The Morgan fingerprint density at radius 3 is 2.50 bits per heavy atom. The van der Waals surface area contributed by atoms with E-state index in [1.54, 1.807) is 13.0 Å². The molecule has 0 aliphatic rings. The molecule has 8 heteroatoms. The Balaban J connectivity index is 2.42. The lowest BCUT2D eigenvalue weighted by Gasteiger charge is -2.03. The smallest absolute Gasteiger partial charge is 0.247 e. The number of nitrogens with zero attached hydrogens (tertiary/aromatic N) is 4. The maximum absolute atomic E-state index is 5.62. The average molecular weight is 273 g/mol. The number of nitrogens with two attached hydrogens (primary N) is 3. The summed E-state index contributed by atoms with van der Waals surface area (Å²) in [5.74, 6) is 0.740. The highest BCUT2D eigenvalue weighted by atomic mass is 16.4. The van der Waals surface area contributed by atoms with Crippen LogP contribution in [0.5, 0.6) is 0 Å². The third-order valence-electron chi connectivity index (χ3n) is 2.46. The number of hydrogen-bond donors (Lipinski definition) is 3. The van der Waals surface area contributed by atoms with Gasteiger partial charge in [0.25, 0.3) is 0 Å². The van der Waals surface area contributed by atoms with E-state index in [1.165, 1.54) is 0 Å². The number of rotatable bonds is 2. The monoisotopic (exact) mass is 273 g/mol. The van der Waals surface area contributed by atoms with Crippen molar-refractivity contribution in [2.75, 3.05) is 0 Å². The van der Waals surface area contributed by atoms with E-state index in [-0.39, 0.29) is 11.9 Å². The van der Waals surface area contributed by atoms with Gasteiger partial charge >= 0.3 is 0 Å². The topological polar surface area (TPSA) is 142 Å². The highest BCUT2D eigenvalue weighted by molar-refractivity contribution is 5.93. The van der Waals surface area contributed by atoms with E-state index in [0.717, 1.165) is 11.1 Å². The second-order valence-corrected chi connectivity index (χ2v) is 4.13. The van der Waals surface area contributed by atoms with Crippen LogP contribution in [0, 0.1) is 13.8 Å². The van der Waals surface area contributed by atoms with Crippen molar-refractivity contribution in [1.29, 1.82) is 0 Å². The number of aryl methyl sites for hydroxylation is 2. The van der Waals surface area contributed by atoms with Crippen molar-refractivity contribution < 1.29 is 4.42 Å². The average Bonchev–Trinajstić information content (AvgIpc) is 2.77. The third-order valence-corrected chi connectivity index (χ3v) is 2.46. The largest absolute Gasteiger partial charge is 0.421 e. The first-order valence-corrected chi connectivity index (χ1v) is 5.80. The molecule has 1 heterocycles. The number of aliphatic imine (C=N–C) groups is 2. The van der Waals surface area contributed by atoms with Crippen LogP contribution < -0.4 is 17.2 Å². The van der Waals surface area contributed by atoms with Gasteiger partial charge in [0.1, 0.15) is 0 Å². The van der Waals surface area contributed by atoms with Gasteiger partial charge in [0, 0.05) is 12.5 Å². The van der Waals surface area contributed by atoms with Crippen LogP contribution in [-0.4, -0.2) is 22.1 Å². The van der Waals surface area contributed by atoms with Crippen molar-refractivity contribution >= 4 is 17.6 Å². The lowest BCUT2D eigenvalue weighted by Crippen LogP contribution is -2.26. The molecule has 0 amide bonds. The molecular formula is C12H15N7O. The summed E-state index contributed by atoms with van der Waals surface area (Å²) in [5.41, 5.74) is 18.4. The minimum atomic E-state index is -0.146. The quantitative estimate of drug-likeness (QED) is 0.539. The molecule has 0 saturated carbocycles. The summed E-state index contributed by atoms with van der Waals surface area (Å²) in [4.78, 5) is 7.82. The Bertz CT molecular complexity index is 683. The molecule has 0 radical (unpaired) electrons. The molecule has 0 atom stereocenters. The van der Waals surface area contributed by atoms with E-state index in [9.17, 15) is 0 Å². The summed E-state index contributed by atoms with van der Waals surface area (Å²) in [6.07, 6.45) is 0. The molecular weight excluding hydrogens is 258 g/mol. The summed E-state index contributed by atoms with van der Waals surface area (Å²) >= 11 is 0. The van der Waals surface area contributed by atoms with Crippen LogP contribution in [0.2, 0.25) is 0 Å². The molecule has 0 unspecified atom stereocenters. The summed E-state index contributed by atoms with van der Waals surface area (Å²) in [5, 5.41) is 7.73. The molecule has 20 heavy (non-hydrogen) atoms. The fraction of sp³-hybridized carbons (Fsp3) is 0.167. The van der Waals surface area contributed by atoms with Crippen molar-refractivity contribution in [3.8, 4) is 11.5 Å². The number of hydrogen-bond acceptors (Lipinski definition) is 4. The van der Waals surface area contributed by atoms with Crippen molar-refractivity contribution in [2.45, 2.75) is 13.8 Å². The first-order chi connectivity index (χ1) is 9.45. The van der Waals surface area contributed by atoms with Crippen molar-refractivity contribution in [2.24, 2.45) is 27.2 Å². The van der Waals surface area contributed by atoms with Gasteiger partial charge in [0.15, 0.2) is 5.96 Å². The zero-order valence-electron chi connectivity index (χ0n) is 11.2. The minimum Gasteiger partial charge on any atom is -0.421 e. The van der Waals surface area contributed by atoms with Crippen LogP contribution in [-0.2, 0) is 0 Å². The third kappa shape index (κ3) is 3.10. The maximum Gasteiger partial charge on any atom is 0.247 e. The van der Waals surface area contributed by atoms with Crippen LogP contribution in [0.15, 0.2) is 32.6 Å². The van der Waals surface area contributed by atoms with E-state index in [0.29, 0.717) is 17.5 Å². The molecule has 104 valence electrons. The lowest BCUT2D eigenvalue weighted by atomic mass is 10.1. The first-order valence-electron chi connectivity index (χ1n) is 5.80. The molecule has 2 aromatic rings. The Hall–Kier alpha value is -2.90. The van der Waals surface area contributed by atoms with E-state index in [4.69, 9.17) is 21.6 Å². The summed E-state index contributed by atoms with van der Waals surface area (Å²) in [6.45, 7) is 3.62. The predicted octanol–water partition coefficient (Wildman–Crippen LogP) is 0.573. The minimum absolute atomic E-state index is 0.0213. The van der Waals surface area contributed by atoms with E-state index in [2.05, 4.69) is 20.2 Å². The van der Waals surface area contributed by atoms with E-state index >= 15 is 0 Å². The van der Waals surface area contributed by atoms with Crippen molar-refractivity contribution in [3.05, 3.63) is 29.7 Å². The SMILES string of the molecule is Cc1nnc(-c2ccc(C)c(N=C(N)N=C(N)N)c2)o1. The normalized spacial score (nSPS) is 11.4. The van der Waals surface area contributed by atoms with E-state index < -0.39 is 0 Å². The van der Waals surface area contributed by atoms with Crippen LogP contribution in [0.4, 0.5) is 5.69 Å². The van der Waals surface area contributed by atoms with Gasteiger partial charge in [-0.1, -0.05) is 6.07 Å². The molecule has 0 aliphatic heterocycles. The highest BCUT2D eigenvalue weighted by Crippen LogP contribution is 2.26. The molecule has 1 aromatic carbocycles. The van der Waals surface area contributed by atoms with Gasteiger partial charge in [-0.25, -0.2) is 4.99 Å². The first kappa shape index (κ1) is 13.5. The molecule has 0 aliphatic carbocycles. The molecule has 1 aromatic heterocycles. The fourth-order valence-corrected chi connectivity index (χ4v) is 1.56. The standard InChI is InChI=1S/C12H15N7O/c1-6-3-4-8(10-19-18-7(2)20-10)5-9(6)16-12(15)17-11(13)14/h3-5H,1-2H3,(H6,13,14,15,16,17). The van der Waals surface area contributed by atoms with Gasteiger partial charge in [-0.2, -0.15) is 4.99 Å². The molecule has 2 rings (SSSR count). The maximum atomic E-state index is 5.62. The molecule has 8 nitrogen and oxygen atoms in total. The fourth-order valence-electron chi connectivity index (χ4n) is 1.56. The second-order valence-electron chi connectivity index (χ2n) is 4.13. The van der Waals surface area contributed by atoms with Gasteiger partial charge in [-0.05, 0) is 24.6 Å². The van der Waals surface area contributed by atoms with Crippen molar-refractivity contribution in [1.82, 2.24) is 10.2 Å². The second kappa shape index (κ2) is 5.39. The molecule has 6 N–H and O–H groups in total. The summed E-state index contributed by atoms with van der Waals surface area (Å²) < 4.78 is 5.36. The number of benzene rings is 1. The Morgan fingerprint density at radius 2 is 1.90 bits per heavy atom. The van der Waals surface area contributed by atoms with Crippen LogP contribution in [0.1, 0.15) is 11.5 Å². The van der Waals surface area contributed by atoms with Gasteiger partial charge in [0.05, 0.1) is 5.69 Å². The number of guanidine groups is 2. The summed E-state index contributed by atoms with van der Waals surface area (Å²) in [6, 6.07) is 5.51. The van der Waals surface area contributed by atoms with Crippen LogP contribution >= 0.6 is 0 Å². The Kier molecular flexibility index (Phi) is 3.65. The van der Waals surface area contributed by atoms with Crippen LogP contribution in [0.25, 0.3) is 11.5 Å². The van der Waals surface area contributed by atoms with Gasteiger partial charge < -0.3 is 21.6 Å². The molecule has 0 fully saturated rings.